The zero-order valence-electron chi connectivity index (χ0n) is 21.7. The largest absolute Gasteiger partial charge is 0.507 e. The van der Waals surface area contributed by atoms with Crippen LogP contribution in [0.5, 0.6) is 11.5 Å². The number of aliphatic hydroxyl groups is 1. The van der Waals surface area contributed by atoms with Crippen molar-refractivity contribution in [2.75, 3.05) is 12.0 Å². The Kier molecular flexibility index (Phi) is 7.58. The number of aliphatic hydroxyl groups excluding tert-OH is 1. The minimum Gasteiger partial charge on any atom is -0.507 e. The molecule has 0 aliphatic carbocycles. The van der Waals surface area contributed by atoms with E-state index < -0.39 is 23.5 Å². The van der Waals surface area contributed by atoms with E-state index in [2.05, 4.69) is 0 Å². The Bertz CT molecular complexity index is 1620. The molecule has 1 aliphatic rings. The Morgan fingerprint density at radius 1 is 0.975 bits per heavy atom. The van der Waals surface area contributed by atoms with E-state index in [4.69, 9.17) is 21.1 Å². The monoisotopic (exact) mass is 557 g/mol. The zero-order valence-corrected chi connectivity index (χ0v) is 22.5. The maximum atomic E-state index is 13.9. The van der Waals surface area contributed by atoms with E-state index in [1.807, 2.05) is 37.3 Å². The summed E-state index contributed by atoms with van der Waals surface area (Å²) in [6.07, 6.45) is 0. The summed E-state index contributed by atoms with van der Waals surface area (Å²) in [6.45, 7) is 2.20. The highest BCUT2D eigenvalue weighted by molar-refractivity contribution is 6.51. The van der Waals surface area contributed by atoms with Gasteiger partial charge < -0.3 is 14.6 Å². The minimum atomic E-state index is -0.998. The number of benzene rings is 4. The molecule has 8 heteroatoms. The molecule has 0 bridgehead atoms. The molecule has 6 nitrogen and oxygen atoms in total. The smallest absolute Gasteiger partial charge is 0.300 e. The number of hydrogen-bond acceptors (Lipinski definition) is 5. The lowest BCUT2D eigenvalue weighted by atomic mass is 9.94. The van der Waals surface area contributed by atoms with Crippen molar-refractivity contribution in [2.24, 2.45) is 0 Å². The third-order valence-electron chi connectivity index (χ3n) is 6.74. The maximum absolute atomic E-state index is 13.9. The molecular formula is C32H25ClFNO5. The van der Waals surface area contributed by atoms with Crippen LogP contribution in [0.2, 0.25) is 5.02 Å². The molecule has 0 spiro atoms. The van der Waals surface area contributed by atoms with E-state index in [9.17, 15) is 19.1 Å². The van der Waals surface area contributed by atoms with Gasteiger partial charge in [-0.3, -0.25) is 14.5 Å². The van der Waals surface area contributed by atoms with Gasteiger partial charge in [0.2, 0.25) is 0 Å². The Labute approximate surface area is 235 Å². The highest BCUT2D eigenvalue weighted by atomic mass is 35.5. The summed E-state index contributed by atoms with van der Waals surface area (Å²) in [5.74, 6) is -1.55. The van der Waals surface area contributed by atoms with Crippen LogP contribution in [0.15, 0.2) is 96.6 Å². The summed E-state index contributed by atoms with van der Waals surface area (Å²) < 4.78 is 25.1. The SMILES string of the molecule is COc1ccc(C2/C(=C(\O)c3ccc(OCc4ccccc4)c(C)c3)C(=O)C(=O)N2c2ccc(F)c(Cl)c2)cc1. The molecular weight excluding hydrogens is 533 g/mol. The number of hydrogen-bond donors (Lipinski definition) is 1. The molecule has 1 saturated heterocycles. The molecule has 0 aromatic heterocycles. The van der Waals surface area contributed by atoms with Gasteiger partial charge in [0, 0.05) is 11.3 Å². The Hall–Kier alpha value is -4.62. The first-order valence-electron chi connectivity index (χ1n) is 12.5. The maximum Gasteiger partial charge on any atom is 0.300 e. The topological polar surface area (TPSA) is 76.1 Å². The van der Waals surface area contributed by atoms with E-state index in [0.717, 1.165) is 17.2 Å². The highest BCUT2D eigenvalue weighted by Gasteiger charge is 2.47. The highest BCUT2D eigenvalue weighted by Crippen LogP contribution is 2.43. The molecule has 0 radical (unpaired) electrons. The first-order chi connectivity index (χ1) is 19.3. The molecule has 5 rings (SSSR count). The molecule has 202 valence electrons. The van der Waals surface area contributed by atoms with Crippen LogP contribution in [-0.4, -0.2) is 23.9 Å². The molecule has 1 fully saturated rings. The number of carbonyl (C=O) groups excluding carboxylic acids is 2. The number of halogens is 2. The van der Waals surface area contributed by atoms with Crippen LogP contribution in [0, 0.1) is 12.7 Å². The molecule has 0 saturated carbocycles. The minimum absolute atomic E-state index is 0.104. The molecule has 1 amide bonds. The molecule has 1 aliphatic heterocycles. The molecule has 1 atom stereocenters. The fraction of sp³-hybridized carbons (Fsp3) is 0.125. The second kappa shape index (κ2) is 11.2. The summed E-state index contributed by atoms with van der Waals surface area (Å²) in [4.78, 5) is 28.0. The Morgan fingerprint density at radius 2 is 1.70 bits per heavy atom. The van der Waals surface area contributed by atoms with Crippen LogP contribution in [0.4, 0.5) is 10.1 Å². The lowest BCUT2D eigenvalue weighted by Gasteiger charge is -2.26. The van der Waals surface area contributed by atoms with Gasteiger partial charge in [-0.2, -0.15) is 0 Å². The lowest BCUT2D eigenvalue weighted by Crippen LogP contribution is -2.29. The molecule has 40 heavy (non-hydrogen) atoms. The average Bonchev–Trinajstić information content (AvgIpc) is 3.24. The molecule has 4 aromatic rings. The third-order valence-corrected chi connectivity index (χ3v) is 7.03. The van der Waals surface area contributed by atoms with Crippen LogP contribution >= 0.6 is 11.6 Å². The number of ketones is 1. The summed E-state index contributed by atoms with van der Waals surface area (Å²) in [6, 6.07) is 24.3. The van der Waals surface area contributed by atoms with E-state index in [1.54, 1.807) is 42.5 Å². The van der Waals surface area contributed by atoms with Crippen LogP contribution in [0.1, 0.15) is 28.3 Å². The van der Waals surface area contributed by atoms with Gasteiger partial charge in [-0.25, -0.2) is 4.39 Å². The summed E-state index contributed by atoms with van der Waals surface area (Å²) >= 11 is 6.01. The van der Waals surface area contributed by atoms with Crippen molar-refractivity contribution in [1.29, 1.82) is 0 Å². The number of aryl methyl sites for hydroxylation is 1. The van der Waals surface area contributed by atoms with Crippen molar-refractivity contribution in [3.8, 4) is 11.5 Å². The van der Waals surface area contributed by atoms with E-state index in [1.165, 1.54) is 24.1 Å². The van der Waals surface area contributed by atoms with E-state index >= 15 is 0 Å². The van der Waals surface area contributed by atoms with Gasteiger partial charge in [0.15, 0.2) is 0 Å². The first-order valence-corrected chi connectivity index (χ1v) is 12.8. The van der Waals surface area contributed by atoms with Crippen molar-refractivity contribution in [3.63, 3.8) is 0 Å². The van der Waals surface area contributed by atoms with Crippen LogP contribution in [0.25, 0.3) is 5.76 Å². The van der Waals surface area contributed by atoms with Crippen molar-refractivity contribution in [1.82, 2.24) is 0 Å². The van der Waals surface area contributed by atoms with Gasteiger partial charge in [0.05, 0.1) is 23.7 Å². The predicted molar refractivity (Wildman–Crippen MR) is 151 cm³/mol. The first kappa shape index (κ1) is 27.0. The molecule has 1 N–H and O–H groups in total. The standard InChI is InChI=1S/C32H25ClFNO5/c1-19-16-22(10-15-27(19)40-18-20-6-4-3-5-7-20)30(36)28-29(21-8-12-24(39-2)13-9-21)35(32(38)31(28)37)23-11-14-26(34)25(33)17-23/h3-17,29,36H,18H2,1-2H3/b30-28+. The van der Waals surface area contributed by atoms with E-state index in [0.29, 0.717) is 29.2 Å². The fourth-order valence-electron chi connectivity index (χ4n) is 4.68. The number of nitrogens with zero attached hydrogens (tertiary/aromatic N) is 1. The van der Waals surface area contributed by atoms with Crippen molar-refractivity contribution in [2.45, 2.75) is 19.6 Å². The van der Waals surface area contributed by atoms with Gasteiger partial charge in [-0.05, 0) is 72.1 Å². The second-order valence-corrected chi connectivity index (χ2v) is 9.70. The number of carbonyl (C=O) groups is 2. The summed E-state index contributed by atoms with van der Waals surface area (Å²) in [5, 5.41) is 11.3. The lowest BCUT2D eigenvalue weighted by molar-refractivity contribution is -0.132. The Morgan fingerprint density at radius 3 is 2.35 bits per heavy atom. The van der Waals surface area contributed by atoms with Gasteiger partial charge in [-0.15, -0.1) is 0 Å². The van der Waals surface area contributed by atoms with Gasteiger partial charge in [-0.1, -0.05) is 54.1 Å². The molecule has 4 aromatic carbocycles. The average molecular weight is 558 g/mol. The Balaban J connectivity index is 1.57. The normalized spacial score (nSPS) is 16.3. The quantitative estimate of drug-likeness (QED) is 0.150. The summed E-state index contributed by atoms with van der Waals surface area (Å²) in [5.41, 5.74) is 2.75. The number of ether oxygens (including phenoxy) is 2. The number of Topliss-reactive ketones (excluding diaryl/α,β-unsaturated/α-hetero) is 1. The number of rotatable bonds is 7. The number of anilines is 1. The second-order valence-electron chi connectivity index (χ2n) is 9.30. The number of methoxy groups -OCH3 is 1. The molecule has 1 unspecified atom stereocenters. The van der Waals surface area contributed by atoms with Crippen LogP contribution < -0.4 is 14.4 Å². The summed E-state index contributed by atoms with van der Waals surface area (Å²) in [7, 11) is 1.52. The van der Waals surface area contributed by atoms with E-state index in [-0.39, 0.29) is 22.0 Å². The predicted octanol–water partition coefficient (Wildman–Crippen LogP) is 7.00. The van der Waals surface area contributed by atoms with Crippen molar-refractivity contribution < 1.29 is 28.6 Å². The zero-order chi connectivity index (χ0) is 28.4. The van der Waals surface area contributed by atoms with Crippen molar-refractivity contribution in [3.05, 3.63) is 130 Å². The molecule has 1 heterocycles. The number of amides is 1. The fourth-order valence-corrected chi connectivity index (χ4v) is 4.86. The van der Waals surface area contributed by atoms with Gasteiger partial charge in [0.1, 0.15) is 29.7 Å². The van der Waals surface area contributed by atoms with Crippen LogP contribution in [-0.2, 0) is 16.2 Å². The van der Waals surface area contributed by atoms with Gasteiger partial charge in [0.25, 0.3) is 11.7 Å². The van der Waals surface area contributed by atoms with Crippen molar-refractivity contribution >= 4 is 34.7 Å². The van der Waals surface area contributed by atoms with Gasteiger partial charge >= 0.3 is 0 Å². The van der Waals surface area contributed by atoms with Crippen LogP contribution in [0.3, 0.4) is 0 Å². The third kappa shape index (κ3) is 5.16.